The van der Waals surface area contributed by atoms with Crippen molar-refractivity contribution < 1.29 is 19.0 Å². The van der Waals surface area contributed by atoms with Gasteiger partial charge in [-0.2, -0.15) is 0 Å². The van der Waals surface area contributed by atoms with Crippen molar-refractivity contribution in [3.8, 4) is 5.75 Å². The van der Waals surface area contributed by atoms with Crippen molar-refractivity contribution in [3.05, 3.63) is 34.9 Å². The number of ether oxygens (including phenoxy) is 1. The highest BCUT2D eigenvalue weighted by Crippen LogP contribution is 2.29. The number of hydrogen-bond acceptors (Lipinski definition) is 2. The van der Waals surface area contributed by atoms with Crippen LogP contribution in [-0.4, -0.2) is 24.4 Å². The van der Waals surface area contributed by atoms with Crippen LogP contribution in [0.25, 0.3) is 6.08 Å². The van der Waals surface area contributed by atoms with Crippen LogP contribution in [-0.2, 0) is 4.79 Å². The van der Waals surface area contributed by atoms with Crippen LogP contribution >= 0.6 is 11.6 Å². The van der Waals surface area contributed by atoms with E-state index in [0.29, 0.717) is 16.3 Å². The van der Waals surface area contributed by atoms with E-state index in [1.165, 1.54) is 6.08 Å². The third kappa shape index (κ3) is 4.44. The molecule has 1 aromatic carbocycles. The molecule has 0 spiro atoms. The summed E-state index contributed by atoms with van der Waals surface area (Å²) in [6.07, 6.45) is 2.65. The average molecular weight is 259 g/mol. The molecular weight excluding hydrogens is 247 g/mol. The maximum Gasteiger partial charge on any atom is 0.328 e. The minimum Gasteiger partial charge on any atom is -0.491 e. The van der Waals surface area contributed by atoms with Crippen molar-refractivity contribution in [1.29, 1.82) is 0 Å². The molecule has 0 aliphatic heterocycles. The molecule has 1 rings (SSSR count). The van der Waals surface area contributed by atoms with Gasteiger partial charge < -0.3 is 9.84 Å². The summed E-state index contributed by atoms with van der Waals surface area (Å²) in [5, 5.41) is 8.91. The zero-order chi connectivity index (χ0) is 12.7. The van der Waals surface area contributed by atoms with E-state index in [0.717, 1.165) is 6.08 Å². The van der Waals surface area contributed by atoms with Crippen molar-refractivity contribution >= 4 is 23.6 Å². The summed E-state index contributed by atoms with van der Waals surface area (Å²) in [7, 11) is 0. The highest BCUT2D eigenvalue weighted by atomic mass is 35.5. The Hall–Kier alpha value is -1.55. The second-order valence-corrected chi connectivity index (χ2v) is 3.63. The summed E-state index contributed by atoms with van der Waals surface area (Å²) in [5.41, 5.74) is 0.554. The molecule has 0 heterocycles. The number of carbonyl (C=O) groups is 1. The summed E-state index contributed by atoms with van der Waals surface area (Å²) in [6, 6.07) is 4.99. The average Bonchev–Trinajstić information content (AvgIpc) is 2.29. The van der Waals surface area contributed by atoms with Gasteiger partial charge in [-0.3, -0.25) is 4.39 Å². The topological polar surface area (TPSA) is 46.5 Å². The maximum atomic E-state index is 11.9. The molecule has 3 nitrogen and oxygen atoms in total. The lowest BCUT2D eigenvalue weighted by Crippen LogP contribution is -2.00. The molecule has 1 N–H and O–H groups in total. The molecule has 0 radical (unpaired) electrons. The fourth-order valence-corrected chi connectivity index (χ4v) is 1.44. The molecule has 0 fully saturated rings. The number of benzene rings is 1. The largest absolute Gasteiger partial charge is 0.491 e. The van der Waals surface area contributed by atoms with Crippen molar-refractivity contribution in [1.82, 2.24) is 0 Å². The van der Waals surface area contributed by atoms with Gasteiger partial charge in [-0.15, -0.1) is 0 Å². The summed E-state index contributed by atoms with van der Waals surface area (Å²) < 4.78 is 17.3. The van der Waals surface area contributed by atoms with Crippen LogP contribution in [0.3, 0.4) is 0 Å². The molecule has 0 aliphatic carbocycles. The molecule has 0 amide bonds. The lowest BCUT2D eigenvalue weighted by molar-refractivity contribution is -0.131. The van der Waals surface area contributed by atoms with Crippen LogP contribution in [0.5, 0.6) is 5.75 Å². The Morgan fingerprint density at radius 2 is 2.29 bits per heavy atom. The SMILES string of the molecule is O=C(O)/C=C/c1cccc(Cl)c1OCCCF. The highest BCUT2D eigenvalue weighted by molar-refractivity contribution is 6.32. The van der Waals surface area contributed by atoms with Gasteiger partial charge in [0.15, 0.2) is 0 Å². The normalized spacial score (nSPS) is 10.7. The minimum absolute atomic E-state index is 0.203. The van der Waals surface area contributed by atoms with Gasteiger partial charge in [-0.1, -0.05) is 23.7 Å². The number of aliphatic carboxylic acids is 1. The number of para-hydroxylation sites is 1. The van der Waals surface area contributed by atoms with Gasteiger partial charge in [0, 0.05) is 18.1 Å². The van der Waals surface area contributed by atoms with Gasteiger partial charge >= 0.3 is 5.97 Å². The lowest BCUT2D eigenvalue weighted by atomic mass is 10.2. The summed E-state index contributed by atoms with van der Waals surface area (Å²) >= 11 is 5.92. The Kier molecular flexibility index (Phi) is 5.49. The quantitative estimate of drug-likeness (QED) is 0.630. The monoisotopic (exact) mass is 258 g/mol. The fraction of sp³-hybridized carbons (Fsp3) is 0.250. The third-order valence-electron chi connectivity index (χ3n) is 1.93. The van der Waals surface area contributed by atoms with Crippen LogP contribution in [0, 0.1) is 0 Å². The Morgan fingerprint density at radius 3 is 2.94 bits per heavy atom. The van der Waals surface area contributed by atoms with Crippen molar-refractivity contribution in [3.63, 3.8) is 0 Å². The first-order chi connectivity index (χ1) is 8.15. The number of carboxylic acid groups (broad SMARTS) is 1. The van der Waals surface area contributed by atoms with Crippen LogP contribution in [0.1, 0.15) is 12.0 Å². The molecule has 0 bridgehead atoms. The predicted octanol–water partition coefficient (Wildman–Crippen LogP) is 3.18. The van der Waals surface area contributed by atoms with Gasteiger partial charge in [0.2, 0.25) is 0 Å². The van der Waals surface area contributed by atoms with Gasteiger partial charge in [-0.25, -0.2) is 4.79 Å². The Bertz CT molecular complexity index is 418. The molecule has 0 atom stereocenters. The molecule has 92 valence electrons. The first-order valence-corrected chi connectivity index (χ1v) is 5.41. The highest BCUT2D eigenvalue weighted by Gasteiger charge is 2.06. The number of rotatable bonds is 6. The minimum atomic E-state index is -1.06. The molecule has 1 aromatic rings. The van der Waals surface area contributed by atoms with Gasteiger partial charge in [0.25, 0.3) is 0 Å². The molecule has 0 aromatic heterocycles. The summed E-state index contributed by atoms with van der Waals surface area (Å²) in [5.74, 6) is -0.681. The van der Waals surface area contributed by atoms with E-state index >= 15 is 0 Å². The standard InChI is InChI=1S/C12H12ClFO3/c13-10-4-1-3-9(5-6-11(15)16)12(10)17-8-2-7-14/h1,3-6H,2,7-8H2,(H,15,16)/b6-5+. The smallest absolute Gasteiger partial charge is 0.328 e. The molecule has 0 unspecified atom stereocenters. The van der Waals surface area contributed by atoms with Crippen molar-refractivity contribution in [2.75, 3.05) is 13.3 Å². The van der Waals surface area contributed by atoms with Crippen LogP contribution in [0.4, 0.5) is 4.39 Å². The first-order valence-electron chi connectivity index (χ1n) is 5.03. The van der Waals surface area contributed by atoms with E-state index in [-0.39, 0.29) is 13.0 Å². The van der Waals surface area contributed by atoms with E-state index in [4.69, 9.17) is 21.4 Å². The zero-order valence-corrected chi connectivity index (χ0v) is 9.78. The molecule has 0 aliphatic rings. The summed E-state index contributed by atoms with van der Waals surface area (Å²) in [4.78, 5) is 10.4. The molecule has 17 heavy (non-hydrogen) atoms. The Labute approximate surface area is 103 Å². The molecule has 0 saturated carbocycles. The van der Waals surface area contributed by atoms with E-state index in [2.05, 4.69) is 0 Å². The van der Waals surface area contributed by atoms with Crippen LogP contribution in [0.15, 0.2) is 24.3 Å². The van der Waals surface area contributed by atoms with E-state index in [1.54, 1.807) is 18.2 Å². The molecule has 5 heteroatoms. The maximum absolute atomic E-state index is 11.9. The number of halogens is 2. The Balaban J connectivity index is 2.87. The second-order valence-electron chi connectivity index (χ2n) is 3.22. The van der Waals surface area contributed by atoms with Crippen LogP contribution < -0.4 is 4.74 Å². The second kappa shape index (κ2) is 6.91. The van der Waals surface area contributed by atoms with Gasteiger partial charge in [0.1, 0.15) is 5.75 Å². The third-order valence-corrected chi connectivity index (χ3v) is 2.22. The van der Waals surface area contributed by atoms with E-state index in [1.807, 2.05) is 0 Å². The van der Waals surface area contributed by atoms with E-state index < -0.39 is 12.6 Å². The van der Waals surface area contributed by atoms with Gasteiger partial charge in [-0.05, 0) is 12.1 Å². The number of alkyl halides is 1. The van der Waals surface area contributed by atoms with Crippen LogP contribution in [0.2, 0.25) is 5.02 Å². The molecular formula is C12H12ClFO3. The van der Waals surface area contributed by atoms with Gasteiger partial charge in [0.05, 0.1) is 18.3 Å². The van der Waals surface area contributed by atoms with Crippen molar-refractivity contribution in [2.45, 2.75) is 6.42 Å². The number of hydrogen-bond donors (Lipinski definition) is 1. The predicted molar refractivity (Wildman–Crippen MR) is 64.2 cm³/mol. The van der Waals surface area contributed by atoms with E-state index in [9.17, 15) is 9.18 Å². The number of carboxylic acids is 1. The Morgan fingerprint density at radius 1 is 1.53 bits per heavy atom. The molecule has 0 saturated heterocycles. The fourth-order valence-electron chi connectivity index (χ4n) is 1.20. The first kappa shape index (κ1) is 13.5. The summed E-state index contributed by atoms with van der Waals surface area (Å²) in [6.45, 7) is -0.265. The zero-order valence-electron chi connectivity index (χ0n) is 9.03. The lowest BCUT2D eigenvalue weighted by Gasteiger charge is -2.10. The van der Waals surface area contributed by atoms with Crippen molar-refractivity contribution in [2.24, 2.45) is 0 Å².